The van der Waals surface area contributed by atoms with Crippen molar-refractivity contribution in [3.05, 3.63) is 63.1 Å². The quantitative estimate of drug-likeness (QED) is 0.476. The molecular weight excluding hydrogens is 451 g/mol. The maximum Gasteiger partial charge on any atom is 0.242 e. The number of hydrogen-bond acceptors (Lipinski definition) is 3. The van der Waals surface area contributed by atoms with Gasteiger partial charge in [0.05, 0.1) is 10.0 Å². The molecule has 1 unspecified atom stereocenters. The van der Waals surface area contributed by atoms with Gasteiger partial charge in [0.2, 0.25) is 11.8 Å². The van der Waals surface area contributed by atoms with Crippen LogP contribution in [0.1, 0.15) is 25.3 Å². The molecule has 0 aliphatic rings. The van der Waals surface area contributed by atoms with E-state index in [0.29, 0.717) is 33.7 Å². The molecule has 2 aromatic rings. The molecule has 8 heteroatoms. The van der Waals surface area contributed by atoms with Crippen molar-refractivity contribution in [1.82, 2.24) is 10.2 Å². The number of nitrogens with one attached hydrogen (secondary N) is 1. The Morgan fingerprint density at radius 2 is 1.76 bits per heavy atom. The van der Waals surface area contributed by atoms with Crippen molar-refractivity contribution in [3.63, 3.8) is 0 Å². The molecule has 4 nitrogen and oxygen atoms in total. The molecule has 0 radical (unpaired) electrons. The zero-order valence-electron chi connectivity index (χ0n) is 16.3. The molecule has 29 heavy (non-hydrogen) atoms. The summed E-state index contributed by atoms with van der Waals surface area (Å²) in [4.78, 5) is 28.0. The van der Waals surface area contributed by atoms with E-state index in [0.717, 1.165) is 10.5 Å². The van der Waals surface area contributed by atoms with Gasteiger partial charge in [0.25, 0.3) is 0 Å². The van der Waals surface area contributed by atoms with Gasteiger partial charge in [-0.1, -0.05) is 47.8 Å². The fourth-order valence-corrected chi connectivity index (χ4v) is 4.14. The van der Waals surface area contributed by atoms with Crippen molar-refractivity contribution in [2.24, 2.45) is 0 Å². The third kappa shape index (κ3) is 7.10. The first-order valence-corrected chi connectivity index (χ1v) is 11.3. The lowest BCUT2D eigenvalue weighted by Crippen LogP contribution is -2.48. The number of nitrogens with zero attached hydrogens (tertiary/aromatic N) is 1. The van der Waals surface area contributed by atoms with Gasteiger partial charge in [-0.3, -0.25) is 9.59 Å². The normalized spacial score (nSPS) is 11.8. The molecule has 0 bridgehead atoms. The lowest BCUT2D eigenvalue weighted by Gasteiger charge is -2.30. The smallest absolute Gasteiger partial charge is 0.242 e. The Kier molecular flexibility index (Phi) is 9.63. The van der Waals surface area contributed by atoms with Crippen LogP contribution in [0.2, 0.25) is 15.1 Å². The molecule has 0 saturated heterocycles. The summed E-state index contributed by atoms with van der Waals surface area (Å²) < 4.78 is 0. The molecule has 0 aromatic heterocycles. The van der Waals surface area contributed by atoms with Crippen molar-refractivity contribution in [3.8, 4) is 0 Å². The molecule has 2 amide bonds. The van der Waals surface area contributed by atoms with Gasteiger partial charge in [-0.2, -0.15) is 0 Å². The van der Waals surface area contributed by atoms with Gasteiger partial charge in [0.1, 0.15) is 6.04 Å². The zero-order chi connectivity index (χ0) is 21.4. The molecule has 0 aliphatic carbocycles. The maximum absolute atomic E-state index is 13.0. The molecular formula is C21H23Cl3N2O2S. The van der Waals surface area contributed by atoms with Crippen LogP contribution in [0.25, 0.3) is 0 Å². The van der Waals surface area contributed by atoms with Gasteiger partial charge >= 0.3 is 0 Å². The van der Waals surface area contributed by atoms with Crippen LogP contribution in [0.4, 0.5) is 0 Å². The average molecular weight is 474 g/mol. The number of rotatable bonds is 9. The molecule has 0 heterocycles. The minimum absolute atomic E-state index is 0.0898. The van der Waals surface area contributed by atoms with Gasteiger partial charge in [-0.25, -0.2) is 0 Å². The van der Waals surface area contributed by atoms with Gasteiger partial charge in [0, 0.05) is 35.7 Å². The van der Waals surface area contributed by atoms with E-state index in [4.69, 9.17) is 34.8 Å². The van der Waals surface area contributed by atoms with Crippen molar-refractivity contribution in [1.29, 1.82) is 0 Å². The largest absolute Gasteiger partial charge is 0.357 e. The number of carbonyl (C=O) groups excluding carboxylic acids is 2. The summed E-state index contributed by atoms with van der Waals surface area (Å²) in [5, 5.41) is 4.19. The summed E-state index contributed by atoms with van der Waals surface area (Å²) in [6.45, 7) is 2.17. The highest BCUT2D eigenvalue weighted by molar-refractivity contribution is 7.99. The summed E-state index contributed by atoms with van der Waals surface area (Å²) in [6, 6.07) is 12.2. The van der Waals surface area contributed by atoms with E-state index in [2.05, 4.69) is 5.32 Å². The first kappa shape index (κ1) is 23.9. The fraction of sp³-hybridized carbons (Fsp3) is 0.333. The van der Waals surface area contributed by atoms with Crippen molar-refractivity contribution < 1.29 is 9.59 Å². The third-order valence-corrected chi connectivity index (χ3v) is 6.37. The van der Waals surface area contributed by atoms with E-state index in [1.165, 1.54) is 0 Å². The van der Waals surface area contributed by atoms with E-state index < -0.39 is 6.04 Å². The number of amides is 2. The van der Waals surface area contributed by atoms with Crippen LogP contribution in [0, 0.1) is 0 Å². The minimum Gasteiger partial charge on any atom is -0.357 e. The van der Waals surface area contributed by atoms with Crippen LogP contribution in [0.3, 0.4) is 0 Å². The predicted molar refractivity (Wildman–Crippen MR) is 122 cm³/mol. The Morgan fingerprint density at radius 1 is 1.07 bits per heavy atom. The highest BCUT2D eigenvalue weighted by atomic mass is 35.5. The van der Waals surface area contributed by atoms with Crippen molar-refractivity contribution in [2.45, 2.75) is 37.2 Å². The molecule has 156 valence electrons. The third-order valence-electron chi connectivity index (χ3n) is 4.37. The molecule has 0 spiro atoms. The average Bonchev–Trinajstić information content (AvgIpc) is 2.71. The molecule has 1 N–H and O–H groups in total. The lowest BCUT2D eigenvalue weighted by atomic mass is 10.1. The number of hydrogen-bond donors (Lipinski definition) is 1. The second kappa shape index (κ2) is 11.7. The number of thioether (sulfide) groups is 1. The number of carbonyl (C=O) groups is 2. The van der Waals surface area contributed by atoms with Crippen LogP contribution < -0.4 is 5.32 Å². The van der Waals surface area contributed by atoms with Crippen LogP contribution >= 0.6 is 46.6 Å². The Balaban J connectivity index is 2.11. The van der Waals surface area contributed by atoms with E-state index in [1.807, 2.05) is 37.3 Å². The number of benzene rings is 2. The summed E-state index contributed by atoms with van der Waals surface area (Å²) in [7, 11) is 1.57. The fourth-order valence-electron chi connectivity index (χ4n) is 2.85. The van der Waals surface area contributed by atoms with Gasteiger partial charge < -0.3 is 10.2 Å². The second-order valence-corrected chi connectivity index (χ2v) is 8.78. The van der Waals surface area contributed by atoms with Crippen molar-refractivity contribution >= 4 is 58.4 Å². The highest BCUT2D eigenvalue weighted by Crippen LogP contribution is 2.25. The molecule has 0 saturated carbocycles. The SMILES string of the molecule is CCC(C(=O)NC)N(Cc1ccc(Cl)c(Cl)c1)C(=O)CCSc1ccc(Cl)cc1. The van der Waals surface area contributed by atoms with E-state index in [1.54, 1.807) is 35.8 Å². The molecule has 1 atom stereocenters. The van der Waals surface area contributed by atoms with Gasteiger partial charge in [-0.05, 0) is 48.4 Å². The molecule has 0 fully saturated rings. The van der Waals surface area contributed by atoms with E-state index in [-0.39, 0.29) is 18.4 Å². The Bertz CT molecular complexity index is 846. The van der Waals surface area contributed by atoms with Crippen LogP contribution in [-0.2, 0) is 16.1 Å². The lowest BCUT2D eigenvalue weighted by molar-refractivity contribution is -0.140. The highest BCUT2D eigenvalue weighted by Gasteiger charge is 2.27. The maximum atomic E-state index is 13.0. The van der Waals surface area contributed by atoms with Crippen molar-refractivity contribution in [2.75, 3.05) is 12.8 Å². The Hall–Kier alpha value is -1.40. The number of halogens is 3. The van der Waals surface area contributed by atoms with Gasteiger partial charge in [-0.15, -0.1) is 11.8 Å². The van der Waals surface area contributed by atoms with E-state index in [9.17, 15) is 9.59 Å². The van der Waals surface area contributed by atoms with Crippen LogP contribution in [0.15, 0.2) is 47.4 Å². The Morgan fingerprint density at radius 3 is 2.34 bits per heavy atom. The molecule has 0 aliphatic heterocycles. The second-order valence-electron chi connectivity index (χ2n) is 6.36. The standard InChI is InChI=1S/C21H23Cl3N2O2S/c1-3-19(21(28)25-2)26(13-14-4-9-17(23)18(24)12-14)20(27)10-11-29-16-7-5-15(22)6-8-16/h4-9,12,19H,3,10-11,13H2,1-2H3,(H,25,28). The van der Waals surface area contributed by atoms with Crippen LogP contribution in [-0.4, -0.2) is 35.6 Å². The molecule has 2 rings (SSSR count). The monoisotopic (exact) mass is 472 g/mol. The summed E-state index contributed by atoms with van der Waals surface area (Å²) >= 11 is 19.6. The minimum atomic E-state index is -0.553. The topological polar surface area (TPSA) is 49.4 Å². The summed E-state index contributed by atoms with van der Waals surface area (Å²) in [6.07, 6.45) is 0.819. The first-order valence-electron chi connectivity index (χ1n) is 9.19. The predicted octanol–water partition coefficient (Wildman–Crippen LogP) is 5.68. The van der Waals surface area contributed by atoms with Crippen LogP contribution in [0.5, 0.6) is 0 Å². The zero-order valence-corrected chi connectivity index (χ0v) is 19.3. The van der Waals surface area contributed by atoms with Gasteiger partial charge in [0.15, 0.2) is 0 Å². The Labute approximate surface area is 190 Å². The number of likely N-dealkylation sites (N-methyl/N-ethyl adjacent to an activating group) is 1. The summed E-state index contributed by atoms with van der Waals surface area (Å²) in [5.41, 5.74) is 0.820. The summed E-state index contributed by atoms with van der Waals surface area (Å²) in [5.74, 6) is 0.321. The molecule has 2 aromatic carbocycles. The van der Waals surface area contributed by atoms with E-state index >= 15 is 0 Å². The first-order chi connectivity index (χ1) is 13.8.